The number of hydrogen-bond acceptors (Lipinski definition) is 3. The highest BCUT2D eigenvalue weighted by Crippen LogP contribution is 2.45. The van der Waals surface area contributed by atoms with Crippen molar-refractivity contribution in [1.82, 2.24) is 0 Å². The van der Waals surface area contributed by atoms with Gasteiger partial charge in [0.2, 0.25) is 0 Å². The first-order valence-corrected chi connectivity index (χ1v) is 5.68. The minimum Gasteiger partial charge on any atom is -0.370 e. The maximum absolute atomic E-state index is 6.15. The van der Waals surface area contributed by atoms with Crippen molar-refractivity contribution in [2.24, 2.45) is 0 Å². The summed E-state index contributed by atoms with van der Waals surface area (Å²) in [4.78, 5) is 0. The minimum atomic E-state index is -0.251. The third-order valence-electron chi connectivity index (χ3n) is 3.67. The van der Waals surface area contributed by atoms with Gasteiger partial charge in [-0.1, -0.05) is 6.42 Å². The van der Waals surface area contributed by atoms with Gasteiger partial charge in [0.05, 0.1) is 13.2 Å². The molecule has 1 spiro atoms. The second-order valence-corrected chi connectivity index (χ2v) is 5.00. The average molecular weight is 198 g/mol. The molecule has 3 rings (SSSR count). The molecule has 2 heterocycles. The van der Waals surface area contributed by atoms with Gasteiger partial charge in [-0.15, -0.1) is 0 Å². The van der Waals surface area contributed by atoms with Gasteiger partial charge in [0.1, 0.15) is 11.7 Å². The zero-order valence-electron chi connectivity index (χ0n) is 8.75. The smallest absolute Gasteiger partial charge is 0.169 e. The SMILES string of the molecule is C[C@]1([C@H]2CO2)COC2(CCCCC2)O1. The Morgan fingerprint density at radius 1 is 1.14 bits per heavy atom. The van der Waals surface area contributed by atoms with E-state index in [2.05, 4.69) is 6.92 Å². The highest BCUT2D eigenvalue weighted by molar-refractivity contribution is 4.99. The number of ether oxygens (including phenoxy) is 3. The van der Waals surface area contributed by atoms with Crippen LogP contribution >= 0.6 is 0 Å². The lowest BCUT2D eigenvalue weighted by atomic mass is 9.94. The highest BCUT2D eigenvalue weighted by Gasteiger charge is 2.55. The van der Waals surface area contributed by atoms with Crippen LogP contribution in [0.2, 0.25) is 0 Å². The zero-order chi connectivity index (χ0) is 9.65. The summed E-state index contributed by atoms with van der Waals surface area (Å²) in [6.07, 6.45) is 6.21. The van der Waals surface area contributed by atoms with Crippen molar-refractivity contribution in [3.05, 3.63) is 0 Å². The average Bonchev–Trinajstić information content (AvgIpc) is 2.97. The maximum Gasteiger partial charge on any atom is 0.169 e. The van der Waals surface area contributed by atoms with Crippen molar-refractivity contribution < 1.29 is 14.2 Å². The van der Waals surface area contributed by atoms with Crippen LogP contribution < -0.4 is 0 Å². The molecule has 14 heavy (non-hydrogen) atoms. The van der Waals surface area contributed by atoms with E-state index in [4.69, 9.17) is 14.2 Å². The minimum absolute atomic E-state index is 0.169. The molecule has 2 atom stereocenters. The van der Waals surface area contributed by atoms with Gasteiger partial charge in [-0.2, -0.15) is 0 Å². The molecule has 0 amide bonds. The van der Waals surface area contributed by atoms with Crippen LogP contribution in [-0.2, 0) is 14.2 Å². The van der Waals surface area contributed by atoms with E-state index in [1.807, 2.05) is 0 Å². The van der Waals surface area contributed by atoms with E-state index in [9.17, 15) is 0 Å². The lowest BCUT2D eigenvalue weighted by Gasteiger charge is -2.33. The summed E-state index contributed by atoms with van der Waals surface area (Å²) in [5.74, 6) is -0.251. The third kappa shape index (κ3) is 1.38. The molecule has 2 saturated heterocycles. The summed E-state index contributed by atoms with van der Waals surface area (Å²) < 4.78 is 17.4. The van der Waals surface area contributed by atoms with Crippen molar-refractivity contribution in [2.75, 3.05) is 13.2 Å². The summed E-state index contributed by atoms with van der Waals surface area (Å²) in [5, 5.41) is 0. The molecule has 0 aromatic heterocycles. The summed E-state index contributed by atoms with van der Waals surface area (Å²) in [7, 11) is 0. The second kappa shape index (κ2) is 2.94. The molecule has 1 aliphatic carbocycles. The fraction of sp³-hybridized carbons (Fsp3) is 1.00. The Labute approximate surface area is 84.7 Å². The van der Waals surface area contributed by atoms with E-state index >= 15 is 0 Å². The second-order valence-electron chi connectivity index (χ2n) is 5.00. The molecule has 3 nitrogen and oxygen atoms in total. The molecule has 0 unspecified atom stereocenters. The van der Waals surface area contributed by atoms with Crippen LogP contribution in [0.15, 0.2) is 0 Å². The van der Waals surface area contributed by atoms with Gasteiger partial charge < -0.3 is 14.2 Å². The number of rotatable bonds is 1. The highest BCUT2D eigenvalue weighted by atomic mass is 16.8. The molecule has 0 radical (unpaired) electrons. The standard InChI is InChI=1S/C11H18O3/c1-10(9-7-12-9)8-13-11(14-10)5-3-2-4-6-11/h9H,2-8H2,1H3/t9-,10-/m1/s1. The van der Waals surface area contributed by atoms with E-state index in [0.29, 0.717) is 6.61 Å². The van der Waals surface area contributed by atoms with Crippen molar-refractivity contribution in [2.45, 2.75) is 56.5 Å². The van der Waals surface area contributed by atoms with Crippen molar-refractivity contribution in [3.63, 3.8) is 0 Å². The fourth-order valence-corrected chi connectivity index (χ4v) is 2.65. The first kappa shape index (κ1) is 9.13. The van der Waals surface area contributed by atoms with Crippen LogP contribution in [0.4, 0.5) is 0 Å². The van der Waals surface area contributed by atoms with Gasteiger partial charge in [0.25, 0.3) is 0 Å². The third-order valence-corrected chi connectivity index (χ3v) is 3.67. The predicted octanol–water partition coefficient (Wildman–Crippen LogP) is 1.85. The Hall–Kier alpha value is -0.120. The Kier molecular flexibility index (Phi) is 1.92. The number of epoxide rings is 1. The van der Waals surface area contributed by atoms with E-state index < -0.39 is 0 Å². The van der Waals surface area contributed by atoms with Crippen molar-refractivity contribution in [1.29, 1.82) is 0 Å². The summed E-state index contributed by atoms with van der Waals surface area (Å²) in [6.45, 7) is 3.67. The quantitative estimate of drug-likeness (QED) is 0.602. The molecule has 80 valence electrons. The lowest BCUT2D eigenvalue weighted by Crippen LogP contribution is -2.39. The lowest BCUT2D eigenvalue weighted by molar-refractivity contribution is -0.204. The van der Waals surface area contributed by atoms with Crippen LogP contribution in [0.5, 0.6) is 0 Å². The molecular formula is C11H18O3. The Balaban J connectivity index is 1.72. The fourth-order valence-electron chi connectivity index (χ4n) is 2.65. The number of hydrogen-bond donors (Lipinski definition) is 0. The molecule has 2 aliphatic heterocycles. The van der Waals surface area contributed by atoms with Gasteiger partial charge in [-0.3, -0.25) is 0 Å². The van der Waals surface area contributed by atoms with Crippen molar-refractivity contribution in [3.8, 4) is 0 Å². The molecule has 3 aliphatic rings. The molecule has 0 N–H and O–H groups in total. The van der Waals surface area contributed by atoms with Gasteiger partial charge >= 0.3 is 0 Å². The molecule has 3 heteroatoms. The molecule has 3 fully saturated rings. The topological polar surface area (TPSA) is 31.0 Å². The van der Waals surface area contributed by atoms with E-state index in [-0.39, 0.29) is 17.5 Å². The zero-order valence-corrected chi connectivity index (χ0v) is 8.75. The van der Waals surface area contributed by atoms with Crippen LogP contribution in [-0.4, -0.2) is 30.7 Å². The van der Waals surface area contributed by atoms with Gasteiger partial charge in [0.15, 0.2) is 5.79 Å². The van der Waals surface area contributed by atoms with Crippen molar-refractivity contribution >= 4 is 0 Å². The normalized spacial score (nSPS) is 45.6. The van der Waals surface area contributed by atoms with Crippen LogP contribution in [0.25, 0.3) is 0 Å². The molecule has 0 aromatic rings. The molecular weight excluding hydrogens is 180 g/mol. The first-order valence-electron chi connectivity index (χ1n) is 5.68. The maximum atomic E-state index is 6.15. The van der Waals surface area contributed by atoms with Crippen LogP contribution in [0, 0.1) is 0 Å². The first-order chi connectivity index (χ1) is 6.73. The predicted molar refractivity (Wildman–Crippen MR) is 51.0 cm³/mol. The monoisotopic (exact) mass is 198 g/mol. The summed E-state index contributed by atoms with van der Waals surface area (Å²) in [6, 6.07) is 0. The Morgan fingerprint density at radius 2 is 1.86 bits per heavy atom. The largest absolute Gasteiger partial charge is 0.370 e. The summed E-state index contributed by atoms with van der Waals surface area (Å²) >= 11 is 0. The summed E-state index contributed by atoms with van der Waals surface area (Å²) in [5.41, 5.74) is -0.169. The van der Waals surface area contributed by atoms with Crippen LogP contribution in [0.1, 0.15) is 39.0 Å². The van der Waals surface area contributed by atoms with E-state index in [0.717, 1.165) is 19.4 Å². The van der Waals surface area contributed by atoms with Gasteiger partial charge in [0, 0.05) is 12.8 Å². The molecule has 1 saturated carbocycles. The Bertz CT molecular complexity index is 231. The Morgan fingerprint density at radius 3 is 2.50 bits per heavy atom. The molecule has 0 aromatic carbocycles. The van der Waals surface area contributed by atoms with E-state index in [1.54, 1.807) is 0 Å². The van der Waals surface area contributed by atoms with Gasteiger partial charge in [-0.25, -0.2) is 0 Å². The van der Waals surface area contributed by atoms with Gasteiger partial charge in [-0.05, 0) is 19.8 Å². The molecule has 0 bridgehead atoms. The van der Waals surface area contributed by atoms with Crippen LogP contribution in [0.3, 0.4) is 0 Å². The van der Waals surface area contributed by atoms with E-state index in [1.165, 1.54) is 19.3 Å².